The van der Waals surface area contributed by atoms with Crippen LogP contribution in [0.3, 0.4) is 0 Å². The summed E-state index contributed by atoms with van der Waals surface area (Å²) in [6.07, 6.45) is 0. The number of nitrogens with zero attached hydrogens (tertiary/aromatic N) is 2. The molecule has 1 aromatic heterocycles. The molecule has 0 bridgehead atoms. The standard InChI is InChI=1S/C28H21BrN4O2/c1-33-27(34)19-7-4-6-17-22(12-10-20(25(17)19)28(33)35)30-13-14-31-26-18-5-2-3-8-23(18)32-24-11-9-16(29)15-21(24)26/h2-12,15,30H,13-14H2,1H3,(H,31,32). The van der Waals surface area contributed by atoms with E-state index in [4.69, 9.17) is 4.98 Å². The second-order valence-electron chi connectivity index (χ2n) is 8.58. The summed E-state index contributed by atoms with van der Waals surface area (Å²) < 4.78 is 1.00. The fourth-order valence-corrected chi connectivity index (χ4v) is 5.17. The molecule has 2 heterocycles. The molecule has 0 spiro atoms. The molecule has 1 aliphatic rings. The highest BCUT2D eigenvalue weighted by Gasteiger charge is 2.30. The predicted molar refractivity (Wildman–Crippen MR) is 144 cm³/mol. The lowest BCUT2D eigenvalue weighted by molar-refractivity contribution is 0.0650. The Labute approximate surface area is 210 Å². The van der Waals surface area contributed by atoms with Gasteiger partial charge in [-0.3, -0.25) is 14.5 Å². The lowest BCUT2D eigenvalue weighted by atomic mass is 9.93. The van der Waals surface area contributed by atoms with Gasteiger partial charge in [0, 0.05) is 63.0 Å². The molecule has 4 aromatic carbocycles. The fraction of sp³-hybridized carbons (Fsp3) is 0.107. The smallest absolute Gasteiger partial charge is 0.261 e. The van der Waals surface area contributed by atoms with Crippen molar-refractivity contribution in [1.29, 1.82) is 0 Å². The maximum Gasteiger partial charge on any atom is 0.261 e. The number of amides is 2. The molecule has 0 saturated carbocycles. The van der Waals surface area contributed by atoms with Gasteiger partial charge >= 0.3 is 0 Å². The number of halogens is 1. The first-order valence-corrected chi connectivity index (χ1v) is 12.2. The third-order valence-electron chi connectivity index (χ3n) is 6.50. The number of anilines is 2. The maximum absolute atomic E-state index is 12.6. The second kappa shape index (κ2) is 8.36. The Morgan fingerprint density at radius 2 is 1.49 bits per heavy atom. The van der Waals surface area contributed by atoms with Crippen LogP contribution in [0.4, 0.5) is 11.4 Å². The number of nitrogens with one attached hydrogen (secondary N) is 2. The molecule has 2 amide bonds. The van der Waals surface area contributed by atoms with Crippen LogP contribution in [0, 0.1) is 0 Å². The van der Waals surface area contributed by atoms with Crippen LogP contribution >= 0.6 is 15.9 Å². The first kappa shape index (κ1) is 21.6. The molecule has 6 rings (SSSR count). The predicted octanol–water partition coefficient (Wildman–Crippen LogP) is 6.05. The Morgan fingerprint density at radius 3 is 2.34 bits per heavy atom. The molecule has 0 atom stereocenters. The van der Waals surface area contributed by atoms with Gasteiger partial charge < -0.3 is 10.6 Å². The average Bonchev–Trinajstić information content (AvgIpc) is 2.88. The number of aromatic nitrogens is 1. The van der Waals surface area contributed by atoms with Gasteiger partial charge in [-0.1, -0.05) is 46.3 Å². The monoisotopic (exact) mass is 524 g/mol. The highest BCUT2D eigenvalue weighted by molar-refractivity contribution is 9.10. The van der Waals surface area contributed by atoms with Crippen LogP contribution in [0.1, 0.15) is 20.7 Å². The molecule has 1 aliphatic heterocycles. The topological polar surface area (TPSA) is 74.3 Å². The lowest BCUT2D eigenvalue weighted by Gasteiger charge is -2.24. The summed E-state index contributed by atoms with van der Waals surface area (Å²) in [6.45, 7) is 1.31. The van der Waals surface area contributed by atoms with Crippen molar-refractivity contribution in [3.8, 4) is 0 Å². The number of pyridine rings is 1. The van der Waals surface area contributed by atoms with Crippen molar-refractivity contribution in [3.05, 3.63) is 88.4 Å². The zero-order chi connectivity index (χ0) is 24.1. The van der Waals surface area contributed by atoms with E-state index in [1.54, 1.807) is 12.1 Å². The van der Waals surface area contributed by atoms with Crippen molar-refractivity contribution in [2.75, 3.05) is 30.8 Å². The zero-order valence-electron chi connectivity index (χ0n) is 18.9. The molecule has 7 heteroatoms. The van der Waals surface area contributed by atoms with Crippen LogP contribution in [0.25, 0.3) is 32.6 Å². The largest absolute Gasteiger partial charge is 0.383 e. The molecule has 0 aliphatic carbocycles. The minimum Gasteiger partial charge on any atom is -0.383 e. The molecule has 0 fully saturated rings. The Bertz CT molecular complexity index is 1660. The molecule has 2 N–H and O–H groups in total. The van der Waals surface area contributed by atoms with Gasteiger partial charge in [0.1, 0.15) is 0 Å². The summed E-state index contributed by atoms with van der Waals surface area (Å²) in [5, 5.41) is 10.8. The van der Waals surface area contributed by atoms with Crippen molar-refractivity contribution < 1.29 is 9.59 Å². The minimum absolute atomic E-state index is 0.269. The van der Waals surface area contributed by atoms with E-state index in [1.807, 2.05) is 48.5 Å². The van der Waals surface area contributed by atoms with Crippen molar-refractivity contribution in [2.24, 2.45) is 0 Å². The number of hydrogen-bond acceptors (Lipinski definition) is 5. The van der Waals surface area contributed by atoms with Gasteiger partial charge in [-0.05, 0) is 42.5 Å². The summed E-state index contributed by atoms with van der Waals surface area (Å²) in [6, 6.07) is 23.5. The first-order valence-electron chi connectivity index (χ1n) is 11.4. The van der Waals surface area contributed by atoms with E-state index >= 15 is 0 Å². The van der Waals surface area contributed by atoms with E-state index < -0.39 is 0 Å². The summed E-state index contributed by atoms with van der Waals surface area (Å²) >= 11 is 3.58. The molecule has 172 valence electrons. The van der Waals surface area contributed by atoms with E-state index in [2.05, 4.69) is 38.7 Å². The SMILES string of the molecule is CN1C(=O)c2cccc3c(NCCNc4c5ccccc5nc5ccc(Br)cc45)ccc(c23)C1=O. The van der Waals surface area contributed by atoms with E-state index in [0.29, 0.717) is 24.2 Å². The van der Waals surface area contributed by atoms with E-state index in [-0.39, 0.29) is 11.8 Å². The molecular formula is C28H21BrN4O2. The molecule has 0 saturated heterocycles. The highest BCUT2D eigenvalue weighted by Crippen LogP contribution is 2.35. The van der Waals surface area contributed by atoms with Gasteiger partial charge in [-0.15, -0.1) is 0 Å². The number of para-hydroxylation sites is 1. The second-order valence-corrected chi connectivity index (χ2v) is 9.49. The molecule has 6 nitrogen and oxygen atoms in total. The van der Waals surface area contributed by atoms with Crippen LogP contribution in [0.5, 0.6) is 0 Å². The maximum atomic E-state index is 12.6. The molecule has 0 unspecified atom stereocenters. The van der Waals surface area contributed by atoms with E-state index in [0.717, 1.165) is 48.4 Å². The number of fused-ring (bicyclic) bond motifs is 2. The normalized spacial score (nSPS) is 13.1. The van der Waals surface area contributed by atoms with Crippen LogP contribution < -0.4 is 10.6 Å². The summed E-state index contributed by atoms with van der Waals surface area (Å²) in [7, 11) is 1.52. The first-order chi connectivity index (χ1) is 17.0. The van der Waals surface area contributed by atoms with Crippen molar-refractivity contribution in [3.63, 3.8) is 0 Å². The van der Waals surface area contributed by atoms with Gasteiger partial charge in [0.2, 0.25) is 0 Å². The average molecular weight is 525 g/mol. The van der Waals surface area contributed by atoms with Crippen LogP contribution in [0.2, 0.25) is 0 Å². The minimum atomic E-state index is -0.269. The van der Waals surface area contributed by atoms with Gasteiger partial charge in [0.15, 0.2) is 0 Å². The molecular weight excluding hydrogens is 504 g/mol. The van der Waals surface area contributed by atoms with Crippen molar-refractivity contribution in [1.82, 2.24) is 9.88 Å². The Balaban J connectivity index is 1.29. The van der Waals surface area contributed by atoms with Gasteiger partial charge in [0.05, 0.1) is 16.7 Å². The number of hydrogen-bond donors (Lipinski definition) is 2. The van der Waals surface area contributed by atoms with Crippen LogP contribution in [-0.4, -0.2) is 41.8 Å². The number of carbonyl (C=O) groups is 2. The summed E-state index contributed by atoms with van der Waals surface area (Å²) in [5.74, 6) is -0.538. The third kappa shape index (κ3) is 3.51. The Hall–Kier alpha value is -3.97. The quantitative estimate of drug-likeness (QED) is 0.166. The summed E-state index contributed by atoms with van der Waals surface area (Å²) in [4.78, 5) is 31.3. The van der Waals surface area contributed by atoms with Crippen LogP contribution in [-0.2, 0) is 0 Å². The van der Waals surface area contributed by atoms with Crippen molar-refractivity contribution in [2.45, 2.75) is 0 Å². The Kier molecular flexibility index (Phi) is 5.15. The highest BCUT2D eigenvalue weighted by atomic mass is 79.9. The zero-order valence-corrected chi connectivity index (χ0v) is 20.5. The molecule has 35 heavy (non-hydrogen) atoms. The van der Waals surface area contributed by atoms with E-state index in [1.165, 1.54) is 11.9 Å². The number of imide groups is 1. The van der Waals surface area contributed by atoms with Gasteiger partial charge in [-0.25, -0.2) is 4.98 Å². The van der Waals surface area contributed by atoms with Gasteiger partial charge in [0.25, 0.3) is 11.8 Å². The third-order valence-corrected chi connectivity index (χ3v) is 6.99. The number of benzene rings is 4. The van der Waals surface area contributed by atoms with Crippen molar-refractivity contribution >= 4 is 71.7 Å². The molecule has 0 radical (unpaired) electrons. The fourth-order valence-electron chi connectivity index (χ4n) is 4.81. The Morgan fingerprint density at radius 1 is 0.771 bits per heavy atom. The summed E-state index contributed by atoms with van der Waals surface area (Å²) in [5.41, 5.74) is 4.93. The number of carbonyl (C=O) groups excluding carboxylic acids is 2. The number of rotatable bonds is 5. The van der Waals surface area contributed by atoms with Gasteiger partial charge in [-0.2, -0.15) is 0 Å². The molecule has 5 aromatic rings. The lowest BCUT2D eigenvalue weighted by Crippen LogP contribution is -2.36. The van der Waals surface area contributed by atoms with E-state index in [9.17, 15) is 9.59 Å². The van der Waals surface area contributed by atoms with Crippen LogP contribution in [0.15, 0.2) is 77.3 Å².